The highest BCUT2D eigenvalue weighted by Crippen LogP contribution is 1.92. The second-order valence-electron chi connectivity index (χ2n) is 2.26. The minimum atomic E-state index is -2.25. The van der Waals surface area contributed by atoms with Gasteiger partial charge in [0.05, 0.1) is 6.54 Å². The highest BCUT2D eigenvalue weighted by Gasteiger charge is 1.98. The molecule has 0 unspecified atom stereocenters. The number of hydrogen-bond donors (Lipinski definition) is 1. The van der Waals surface area contributed by atoms with Gasteiger partial charge in [0.1, 0.15) is 0 Å². The zero-order valence-electron chi connectivity index (χ0n) is 6.45. The Labute approximate surface area is 66.2 Å². The van der Waals surface area contributed by atoms with Gasteiger partial charge in [0.2, 0.25) is 0 Å². The van der Waals surface area contributed by atoms with Crippen molar-refractivity contribution in [2.24, 2.45) is 0 Å². The van der Waals surface area contributed by atoms with E-state index in [0.717, 1.165) is 19.3 Å². The minimum Gasteiger partial charge on any atom is -0.311 e. The molecular weight excluding hydrogens is 148 g/mol. The van der Waals surface area contributed by atoms with Crippen molar-refractivity contribution in [1.29, 1.82) is 0 Å². The van der Waals surface area contributed by atoms with Gasteiger partial charge in [-0.25, -0.2) is 8.78 Å². The first-order valence-corrected chi connectivity index (χ1v) is 3.69. The number of alkyl halides is 2. The summed E-state index contributed by atoms with van der Waals surface area (Å²) in [6, 6.07) is 0. The third-order valence-corrected chi connectivity index (χ3v) is 1.22. The Kier molecular flexibility index (Phi) is 7.06. The molecule has 3 heteroatoms. The van der Waals surface area contributed by atoms with Crippen molar-refractivity contribution in [2.75, 3.05) is 13.1 Å². The molecule has 0 saturated heterocycles. The Balaban J connectivity index is 2.86. The molecule has 0 aliphatic rings. The fourth-order valence-electron chi connectivity index (χ4n) is 0.688. The topological polar surface area (TPSA) is 12.0 Å². The van der Waals surface area contributed by atoms with E-state index in [0.29, 0.717) is 6.54 Å². The summed E-state index contributed by atoms with van der Waals surface area (Å²) in [5, 5.41) is 2.63. The molecule has 0 aliphatic heterocycles. The second kappa shape index (κ2) is 7.49. The predicted molar refractivity (Wildman–Crippen MR) is 41.6 cm³/mol. The molecule has 0 amide bonds. The Morgan fingerprint density at radius 1 is 1.36 bits per heavy atom. The summed E-state index contributed by atoms with van der Waals surface area (Å²) in [4.78, 5) is 0. The van der Waals surface area contributed by atoms with Crippen LogP contribution in [0.4, 0.5) is 8.78 Å². The maximum Gasteiger partial charge on any atom is 0.250 e. The lowest BCUT2D eigenvalue weighted by molar-refractivity contribution is 0.146. The zero-order valence-corrected chi connectivity index (χ0v) is 6.45. The van der Waals surface area contributed by atoms with Gasteiger partial charge in [-0.1, -0.05) is 0 Å². The zero-order chi connectivity index (χ0) is 8.53. The number of nitrogens with one attached hydrogen (secondary N) is 1. The molecule has 0 atom stereocenters. The molecule has 0 aromatic carbocycles. The summed E-state index contributed by atoms with van der Waals surface area (Å²) in [5.74, 6) is 2.49. The molecule has 0 heterocycles. The van der Waals surface area contributed by atoms with Gasteiger partial charge in [-0.15, -0.1) is 12.3 Å². The van der Waals surface area contributed by atoms with Crippen molar-refractivity contribution in [2.45, 2.75) is 25.7 Å². The van der Waals surface area contributed by atoms with Crippen molar-refractivity contribution in [3.05, 3.63) is 0 Å². The van der Waals surface area contributed by atoms with Gasteiger partial charge in [-0.05, 0) is 19.4 Å². The lowest BCUT2D eigenvalue weighted by atomic mass is 10.2. The van der Waals surface area contributed by atoms with Gasteiger partial charge < -0.3 is 5.32 Å². The average Bonchev–Trinajstić information content (AvgIpc) is 1.96. The molecular formula is C8H13F2N. The number of halogens is 2. The molecule has 0 bridgehead atoms. The molecule has 1 N–H and O–H groups in total. The lowest BCUT2D eigenvalue weighted by Crippen LogP contribution is -2.22. The summed E-state index contributed by atoms with van der Waals surface area (Å²) in [6.45, 7) is 0.419. The number of hydrogen-bond acceptors (Lipinski definition) is 1. The fourth-order valence-corrected chi connectivity index (χ4v) is 0.688. The molecule has 0 aliphatic carbocycles. The van der Waals surface area contributed by atoms with E-state index in [-0.39, 0.29) is 6.54 Å². The van der Waals surface area contributed by atoms with Crippen LogP contribution in [-0.4, -0.2) is 19.5 Å². The summed E-state index contributed by atoms with van der Waals surface area (Å²) in [6.07, 6.45) is 5.27. The predicted octanol–water partition coefficient (Wildman–Crippen LogP) is 1.64. The van der Waals surface area contributed by atoms with Crippen LogP contribution < -0.4 is 5.32 Å². The molecule has 0 aromatic rings. The van der Waals surface area contributed by atoms with Gasteiger partial charge in [-0.3, -0.25) is 0 Å². The molecule has 0 spiro atoms. The largest absolute Gasteiger partial charge is 0.311 e. The SMILES string of the molecule is C#CCCCCNCC(F)F. The standard InChI is InChI=1S/C8H13F2N/c1-2-3-4-5-6-11-7-8(9)10/h1,8,11H,3-7H2. The van der Waals surface area contributed by atoms with E-state index < -0.39 is 6.43 Å². The number of rotatable bonds is 6. The molecule has 0 saturated carbocycles. The van der Waals surface area contributed by atoms with E-state index in [2.05, 4.69) is 11.2 Å². The first-order chi connectivity index (χ1) is 5.27. The van der Waals surface area contributed by atoms with Crippen LogP contribution in [0.1, 0.15) is 19.3 Å². The van der Waals surface area contributed by atoms with Crippen LogP contribution in [0.3, 0.4) is 0 Å². The summed E-state index contributed by atoms with van der Waals surface area (Å²) < 4.78 is 23.0. The smallest absolute Gasteiger partial charge is 0.250 e. The minimum absolute atomic E-state index is 0.212. The highest BCUT2D eigenvalue weighted by molar-refractivity contribution is 4.82. The molecule has 0 radical (unpaired) electrons. The quantitative estimate of drug-likeness (QED) is 0.461. The normalized spacial score (nSPS) is 10.0. The Morgan fingerprint density at radius 3 is 2.64 bits per heavy atom. The van der Waals surface area contributed by atoms with Crippen LogP contribution in [0.15, 0.2) is 0 Å². The van der Waals surface area contributed by atoms with Crippen molar-refractivity contribution >= 4 is 0 Å². The Morgan fingerprint density at radius 2 is 2.09 bits per heavy atom. The van der Waals surface area contributed by atoms with Crippen molar-refractivity contribution in [3.8, 4) is 12.3 Å². The van der Waals surface area contributed by atoms with Crippen LogP contribution in [-0.2, 0) is 0 Å². The summed E-state index contributed by atoms with van der Waals surface area (Å²) in [7, 11) is 0. The first-order valence-electron chi connectivity index (χ1n) is 3.69. The van der Waals surface area contributed by atoms with Crippen molar-refractivity contribution in [1.82, 2.24) is 5.32 Å². The third kappa shape index (κ3) is 9.38. The molecule has 11 heavy (non-hydrogen) atoms. The van der Waals surface area contributed by atoms with Crippen molar-refractivity contribution < 1.29 is 8.78 Å². The van der Waals surface area contributed by atoms with Crippen LogP contribution in [0.5, 0.6) is 0 Å². The van der Waals surface area contributed by atoms with Crippen LogP contribution >= 0.6 is 0 Å². The van der Waals surface area contributed by atoms with E-state index in [1.807, 2.05) is 0 Å². The summed E-state index contributed by atoms with van der Waals surface area (Å²) in [5.41, 5.74) is 0. The third-order valence-electron chi connectivity index (χ3n) is 1.22. The summed E-state index contributed by atoms with van der Waals surface area (Å²) >= 11 is 0. The monoisotopic (exact) mass is 161 g/mol. The lowest BCUT2D eigenvalue weighted by Gasteiger charge is -2.01. The van der Waals surface area contributed by atoms with Gasteiger partial charge in [0.15, 0.2) is 0 Å². The molecule has 64 valence electrons. The molecule has 0 fully saturated rings. The van der Waals surface area contributed by atoms with Crippen LogP contribution in [0.25, 0.3) is 0 Å². The van der Waals surface area contributed by atoms with E-state index in [4.69, 9.17) is 6.42 Å². The van der Waals surface area contributed by atoms with Crippen LogP contribution in [0, 0.1) is 12.3 Å². The van der Waals surface area contributed by atoms with E-state index in [1.165, 1.54) is 0 Å². The Bertz CT molecular complexity index is 118. The van der Waals surface area contributed by atoms with Gasteiger partial charge in [-0.2, -0.15) is 0 Å². The van der Waals surface area contributed by atoms with Crippen molar-refractivity contribution in [3.63, 3.8) is 0 Å². The fraction of sp³-hybridized carbons (Fsp3) is 0.750. The highest BCUT2D eigenvalue weighted by atomic mass is 19.3. The van der Waals surface area contributed by atoms with E-state index in [9.17, 15) is 8.78 Å². The van der Waals surface area contributed by atoms with E-state index >= 15 is 0 Å². The maximum absolute atomic E-state index is 11.5. The second-order valence-corrected chi connectivity index (χ2v) is 2.26. The first kappa shape index (κ1) is 10.4. The molecule has 0 aromatic heterocycles. The molecule has 1 nitrogen and oxygen atoms in total. The maximum atomic E-state index is 11.5. The van der Waals surface area contributed by atoms with Crippen LogP contribution in [0.2, 0.25) is 0 Å². The van der Waals surface area contributed by atoms with Gasteiger partial charge in [0.25, 0.3) is 6.43 Å². The van der Waals surface area contributed by atoms with Gasteiger partial charge in [0, 0.05) is 6.42 Å². The molecule has 0 rings (SSSR count). The van der Waals surface area contributed by atoms with E-state index in [1.54, 1.807) is 0 Å². The number of unbranched alkanes of at least 4 members (excludes halogenated alkanes) is 2. The Hall–Kier alpha value is -0.620. The number of terminal acetylenes is 1. The average molecular weight is 161 g/mol. The van der Waals surface area contributed by atoms with Gasteiger partial charge >= 0.3 is 0 Å².